The average molecular weight is 536 g/mol. The number of fused-ring (bicyclic) bond motifs is 1. The van der Waals surface area contributed by atoms with Gasteiger partial charge in [-0.25, -0.2) is 0 Å². The summed E-state index contributed by atoms with van der Waals surface area (Å²) >= 11 is 9.78. The Bertz CT molecular complexity index is 1180. The van der Waals surface area contributed by atoms with Crippen LogP contribution in [0.5, 0.6) is 0 Å². The number of hydrogen-bond acceptors (Lipinski definition) is 2. The van der Waals surface area contributed by atoms with E-state index in [4.69, 9.17) is 11.6 Å². The van der Waals surface area contributed by atoms with Crippen molar-refractivity contribution in [2.75, 3.05) is 26.2 Å². The minimum atomic E-state index is 0.112. The maximum Gasteiger partial charge on any atom is 0.255 e. The van der Waals surface area contributed by atoms with E-state index in [9.17, 15) is 4.79 Å². The summed E-state index contributed by atoms with van der Waals surface area (Å²) in [5.74, 6) is 0.652. The Morgan fingerprint density at radius 2 is 1.68 bits per heavy atom. The van der Waals surface area contributed by atoms with Crippen molar-refractivity contribution in [2.24, 2.45) is 0 Å². The van der Waals surface area contributed by atoms with Crippen LogP contribution in [0.3, 0.4) is 0 Å². The number of carbonyl (C=O) groups is 1. The monoisotopic (exact) mass is 534 g/mol. The molecule has 1 unspecified atom stereocenters. The van der Waals surface area contributed by atoms with Crippen LogP contribution in [0.1, 0.15) is 45.8 Å². The fourth-order valence-corrected chi connectivity index (χ4v) is 5.82. The van der Waals surface area contributed by atoms with Gasteiger partial charge in [0.15, 0.2) is 0 Å². The first-order valence-corrected chi connectivity index (χ1v) is 13.1. The highest BCUT2D eigenvalue weighted by molar-refractivity contribution is 9.10. The Hall–Kier alpha value is -2.40. The smallest absolute Gasteiger partial charge is 0.255 e. The van der Waals surface area contributed by atoms with Crippen LogP contribution >= 0.6 is 27.5 Å². The van der Waals surface area contributed by atoms with Crippen molar-refractivity contribution < 1.29 is 4.79 Å². The third-order valence-corrected chi connectivity index (χ3v) is 8.19. The third-order valence-electron chi connectivity index (χ3n) is 7.05. The molecule has 0 aliphatic carbocycles. The maximum absolute atomic E-state index is 13.5. The predicted octanol–water partition coefficient (Wildman–Crippen LogP) is 6.98. The van der Waals surface area contributed by atoms with E-state index in [0.717, 1.165) is 65.2 Å². The quantitative estimate of drug-likeness (QED) is 0.337. The van der Waals surface area contributed by atoms with Gasteiger partial charge in [0.05, 0.1) is 5.56 Å². The molecule has 3 aromatic carbocycles. The SMILES string of the molecule is O=C(c1cccc(/C=C/c2ccccc2)c1Br)N1CCN2C[C@@H](c3ccc(Cl)cc3)CCC2C1. The standard InChI is InChI=1S/C29H28BrClN2O/c30-28-23(10-9-21-5-2-1-3-6-21)7-4-8-27(28)29(34)33-18-17-32-19-24(13-16-26(32)20-33)22-11-14-25(31)15-12-22/h1-12,14-15,24,26H,13,16-20H2/b10-9+/t24-,26?/m0/s1. The molecule has 2 aliphatic rings. The second-order valence-electron chi connectivity index (χ2n) is 9.18. The molecule has 1 amide bonds. The fraction of sp³-hybridized carbons (Fsp3) is 0.276. The van der Waals surface area contributed by atoms with Crippen LogP contribution in [0.25, 0.3) is 12.2 Å². The van der Waals surface area contributed by atoms with E-state index in [1.807, 2.05) is 53.4 Å². The molecule has 0 aromatic heterocycles. The van der Waals surface area contributed by atoms with Crippen molar-refractivity contribution in [2.45, 2.75) is 24.8 Å². The highest BCUT2D eigenvalue weighted by Gasteiger charge is 2.35. The van der Waals surface area contributed by atoms with E-state index < -0.39 is 0 Å². The van der Waals surface area contributed by atoms with E-state index in [0.29, 0.717) is 12.0 Å². The molecule has 3 nitrogen and oxygen atoms in total. The predicted molar refractivity (Wildman–Crippen MR) is 144 cm³/mol. The lowest BCUT2D eigenvalue weighted by Crippen LogP contribution is -2.57. The van der Waals surface area contributed by atoms with Crippen molar-refractivity contribution in [1.82, 2.24) is 9.80 Å². The average Bonchev–Trinajstić information content (AvgIpc) is 2.88. The van der Waals surface area contributed by atoms with Crippen molar-refractivity contribution in [1.29, 1.82) is 0 Å². The molecule has 0 bridgehead atoms. The molecule has 0 saturated carbocycles. The molecular formula is C29H28BrClN2O. The summed E-state index contributed by atoms with van der Waals surface area (Å²) in [5.41, 5.74) is 4.25. The van der Waals surface area contributed by atoms with Crippen LogP contribution < -0.4 is 0 Å². The highest BCUT2D eigenvalue weighted by Crippen LogP contribution is 2.33. The summed E-state index contributed by atoms with van der Waals surface area (Å²) in [5, 5.41) is 0.787. The lowest BCUT2D eigenvalue weighted by atomic mass is 9.86. The van der Waals surface area contributed by atoms with Crippen LogP contribution in [0, 0.1) is 0 Å². The normalized spacial score (nSPS) is 20.9. The zero-order chi connectivity index (χ0) is 23.5. The molecule has 0 spiro atoms. The highest BCUT2D eigenvalue weighted by atomic mass is 79.9. The summed E-state index contributed by atoms with van der Waals surface area (Å²) < 4.78 is 0.862. The summed E-state index contributed by atoms with van der Waals surface area (Å²) in [6.07, 6.45) is 6.39. The molecule has 2 heterocycles. The number of piperidine rings is 1. The van der Waals surface area contributed by atoms with E-state index in [2.05, 4.69) is 57.2 Å². The topological polar surface area (TPSA) is 23.6 Å². The molecule has 174 valence electrons. The largest absolute Gasteiger partial charge is 0.336 e. The van der Waals surface area contributed by atoms with Crippen LogP contribution in [0.15, 0.2) is 77.3 Å². The van der Waals surface area contributed by atoms with Gasteiger partial charge < -0.3 is 4.90 Å². The van der Waals surface area contributed by atoms with Gasteiger partial charge in [-0.1, -0.05) is 78.4 Å². The first-order valence-electron chi connectivity index (χ1n) is 11.9. The summed E-state index contributed by atoms with van der Waals surface area (Å²) in [6.45, 7) is 3.53. The molecule has 2 fully saturated rings. The number of benzene rings is 3. The number of rotatable bonds is 4. The molecule has 5 heteroatoms. The zero-order valence-corrected chi connectivity index (χ0v) is 21.4. The number of amides is 1. The first-order chi connectivity index (χ1) is 16.6. The van der Waals surface area contributed by atoms with Gasteiger partial charge >= 0.3 is 0 Å². The summed E-state index contributed by atoms with van der Waals surface area (Å²) in [7, 11) is 0. The second kappa shape index (κ2) is 10.5. The van der Waals surface area contributed by atoms with Gasteiger partial charge in [0.2, 0.25) is 0 Å². The number of piperazine rings is 1. The Balaban J connectivity index is 1.25. The van der Waals surface area contributed by atoms with Crippen molar-refractivity contribution in [3.05, 3.63) is 105 Å². The van der Waals surface area contributed by atoms with Gasteiger partial charge in [-0.3, -0.25) is 9.69 Å². The molecule has 0 N–H and O–H groups in total. The van der Waals surface area contributed by atoms with Gasteiger partial charge in [-0.2, -0.15) is 0 Å². The van der Waals surface area contributed by atoms with Gasteiger partial charge in [0, 0.05) is 41.7 Å². The van der Waals surface area contributed by atoms with Crippen molar-refractivity contribution in [3.63, 3.8) is 0 Å². The molecule has 0 radical (unpaired) electrons. The Kier molecular flexibility index (Phi) is 7.19. The molecule has 2 aliphatic heterocycles. The van der Waals surface area contributed by atoms with Crippen LogP contribution in [-0.2, 0) is 0 Å². The van der Waals surface area contributed by atoms with Gasteiger partial charge in [0.1, 0.15) is 0 Å². The maximum atomic E-state index is 13.5. The van der Waals surface area contributed by atoms with E-state index >= 15 is 0 Å². The molecule has 5 rings (SSSR count). The summed E-state index contributed by atoms with van der Waals surface area (Å²) in [4.78, 5) is 18.1. The van der Waals surface area contributed by atoms with Gasteiger partial charge in [-0.05, 0) is 69.6 Å². The minimum Gasteiger partial charge on any atom is -0.336 e. The van der Waals surface area contributed by atoms with E-state index in [1.165, 1.54) is 5.56 Å². The van der Waals surface area contributed by atoms with Gasteiger partial charge in [-0.15, -0.1) is 0 Å². The van der Waals surface area contributed by atoms with Crippen LogP contribution in [0.4, 0.5) is 0 Å². The lowest BCUT2D eigenvalue weighted by Gasteiger charge is -2.46. The number of nitrogens with zero attached hydrogens (tertiary/aromatic N) is 2. The minimum absolute atomic E-state index is 0.112. The first kappa shape index (κ1) is 23.3. The van der Waals surface area contributed by atoms with E-state index in [-0.39, 0.29) is 5.91 Å². The Morgan fingerprint density at radius 3 is 2.47 bits per heavy atom. The number of hydrogen-bond donors (Lipinski definition) is 0. The molecule has 34 heavy (non-hydrogen) atoms. The molecule has 2 atom stereocenters. The van der Waals surface area contributed by atoms with E-state index in [1.54, 1.807) is 0 Å². The number of carbonyl (C=O) groups excluding carboxylic acids is 1. The third kappa shape index (κ3) is 5.14. The fourth-order valence-electron chi connectivity index (χ4n) is 5.13. The van der Waals surface area contributed by atoms with Crippen LogP contribution in [-0.4, -0.2) is 47.9 Å². The molecule has 2 saturated heterocycles. The Labute approximate surface area is 215 Å². The summed E-state index contributed by atoms with van der Waals surface area (Å²) in [6, 6.07) is 24.9. The molecular weight excluding hydrogens is 508 g/mol. The van der Waals surface area contributed by atoms with Gasteiger partial charge in [0.25, 0.3) is 5.91 Å². The lowest BCUT2D eigenvalue weighted by molar-refractivity contribution is 0.0328. The Morgan fingerprint density at radius 1 is 0.882 bits per heavy atom. The molecule has 3 aromatic rings. The van der Waals surface area contributed by atoms with Crippen LogP contribution in [0.2, 0.25) is 5.02 Å². The zero-order valence-electron chi connectivity index (χ0n) is 19.0. The van der Waals surface area contributed by atoms with Crippen molar-refractivity contribution in [3.8, 4) is 0 Å². The van der Waals surface area contributed by atoms with Crippen molar-refractivity contribution >= 4 is 45.6 Å². The number of halogens is 2. The second-order valence-corrected chi connectivity index (χ2v) is 10.4.